The molecule has 2 aromatic carbocycles. The molecular weight excluding hydrogens is 377 g/mol. The van der Waals surface area contributed by atoms with Crippen LogP contribution in [0.4, 0.5) is 4.39 Å². The second-order valence-electron chi connectivity index (χ2n) is 5.64. The zero-order chi connectivity index (χ0) is 18.9. The molecule has 10 heteroatoms. The van der Waals surface area contributed by atoms with E-state index >= 15 is 0 Å². The lowest BCUT2D eigenvalue weighted by Gasteiger charge is -2.06. The predicted octanol–water partition coefficient (Wildman–Crippen LogP) is 2.13. The number of nitrogens with zero attached hydrogens (tertiary/aromatic N) is 2. The average Bonchev–Trinajstić information content (AvgIpc) is 3.30. The van der Waals surface area contributed by atoms with E-state index in [4.69, 9.17) is 13.9 Å². The summed E-state index contributed by atoms with van der Waals surface area (Å²) in [5.41, 5.74) is 0.192. The Morgan fingerprint density at radius 1 is 1.07 bits per heavy atom. The quantitative estimate of drug-likeness (QED) is 0.686. The van der Waals surface area contributed by atoms with Gasteiger partial charge in [0.1, 0.15) is 5.82 Å². The van der Waals surface area contributed by atoms with E-state index in [1.165, 1.54) is 30.3 Å². The second kappa shape index (κ2) is 6.97. The maximum Gasteiger partial charge on any atom is 0.250 e. The van der Waals surface area contributed by atoms with Gasteiger partial charge in [0.15, 0.2) is 11.5 Å². The fraction of sp³-hybridized carbons (Fsp3) is 0.176. The van der Waals surface area contributed by atoms with Crippen LogP contribution in [0.1, 0.15) is 5.89 Å². The van der Waals surface area contributed by atoms with Gasteiger partial charge in [-0.3, -0.25) is 0 Å². The minimum Gasteiger partial charge on any atom is -0.454 e. The van der Waals surface area contributed by atoms with E-state index in [-0.39, 0.29) is 42.0 Å². The van der Waals surface area contributed by atoms with Crippen LogP contribution in [-0.2, 0) is 16.4 Å². The topological polar surface area (TPSA) is 104 Å². The van der Waals surface area contributed by atoms with Crippen molar-refractivity contribution in [3.8, 4) is 23.0 Å². The standard InChI is InChI=1S/C17H14FN3O5S/c18-13-4-2-1-3-12(13)17-21-20-16(26-17)7-8-19-27(22,23)11-5-6-14-15(9-11)25-10-24-14/h1-6,9,19H,7-8,10H2. The number of ether oxygens (including phenoxy) is 2. The van der Waals surface area contributed by atoms with Gasteiger partial charge in [-0.25, -0.2) is 17.5 Å². The molecule has 0 atom stereocenters. The van der Waals surface area contributed by atoms with Crippen LogP contribution in [0.5, 0.6) is 11.5 Å². The predicted molar refractivity (Wildman–Crippen MR) is 91.1 cm³/mol. The summed E-state index contributed by atoms with van der Waals surface area (Å²) >= 11 is 0. The first-order valence-corrected chi connectivity index (χ1v) is 9.48. The van der Waals surface area contributed by atoms with E-state index in [1.807, 2.05) is 0 Å². The van der Waals surface area contributed by atoms with E-state index in [1.54, 1.807) is 12.1 Å². The lowest BCUT2D eigenvalue weighted by Crippen LogP contribution is -2.26. The summed E-state index contributed by atoms with van der Waals surface area (Å²) < 4.78 is 56.7. The minimum absolute atomic E-state index is 0.0374. The summed E-state index contributed by atoms with van der Waals surface area (Å²) in [4.78, 5) is 0.0596. The van der Waals surface area contributed by atoms with Crippen molar-refractivity contribution >= 4 is 10.0 Å². The molecule has 4 rings (SSSR count). The summed E-state index contributed by atoms with van der Waals surface area (Å²) in [5.74, 6) is 0.643. The number of benzene rings is 2. The summed E-state index contributed by atoms with van der Waals surface area (Å²) in [5, 5.41) is 7.61. The molecule has 0 bridgehead atoms. The Morgan fingerprint density at radius 3 is 2.74 bits per heavy atom. The van der Waals surface area contributed by atoms with Gasteiger partial charge in [-0.2, -0.15) is 0 Å². The Kier molecular flexibility index (Phi) is 4.50. The van der Waals surface area contributed by atoms with Crippen molar-refractivity contribution in [2.24, 2.45) is 0 Å². The van der Waals surface area contributed by atoms with Crippen LogP contribution in [0.15, 0.2) is 51.8 Å². The normalized spacial score (nSPS) is 13.1. The lowest BCUT2D eigenvalue weighted by atomic mass is 10.2. The Bertz CT molecular complexity index is 1080. The summed E-state index contributed by atoms with van der Waals surface area (Å²) in [7, 11) is -3.74. The van der Waals surface area contributed by atoms with Gasteiger partial charge < -0.3 is 13.9 Å². The Morgan fingerprint density at radius 2 is 1.89 bits per heavy atom. The molecule has 0 amide bonds. The number of hydrogen-bond acceptors (Lipinski definition) is 7. The molecule has 1 aliphatic heterocycles. The highest BCUT2D eigenvalue weighted by molar-refractivity contribution is 7.89. The number of halogens is 1. The second-order valence-corrected chi connectivity index (χ2v) is 7.41. The number of fused-ring (bicyclic) bond motifs is 1. The van der Waals surface area contributed by atoms with Gasteiger partial charge in [0, 0.05) is 19.0 Å². The summed E-state index contributed by atoms with van der Waals surface area (Å²) in [6.45, 7) is 0.101. The van der Waals surface area contributed by atoms with Crippen LogP contribution in [0, 0.1) is 5.82 Å². The highest BCUT2D eigenvalue weighted by atomic mass is 32.2. The van der Waals surface area contributed by atoms with Gasteiger partial charge in [0.2, 0.25) is 22.7 Å². The molecule has 8 nitrogen and oxygen atoms in total. The zero-order valence-corrected chi connectivity index (χ0v) is 14.7. The fourth-order valence-corrected chi connectivity index (χ4v) is 3.56. The van der Waals surface area contributed by atoms with Crippen LogP contribution in [0.3, 0.4) is 0 Å². The molecule has 0 unspecified atom stereocenters. The monoisotopic (exact) mass is 391 g/mol. The minimum atomic E-state index is -3.74. The van der Waals surface area contributed by atoms with Crippen molar-refractivity contribution in [1.29, 1.82) is 0 Å². The van der Waals surface area contributed by atoms with Crippen molar-refractivity contribution in [2.45, 2.75) is 11.3 Å². The van der Waals surface area contributed by atoms with Crippen molar-refractivity contribution in [2.75, 3.05) is 13.3 Å². The lowest BCUT2D eigenvalue weighted by molar-refractivity contribution is 0.174. The third-order valence-corrected chi connectivity index (χ3v) is 5.32. The first-order chi connectivity index (χ1) is 13.0. The SMILES string of the molecule is O=S(=O)(NCCc1nnc(-c2ccccc2F)o1)c1ccc2c(c1)OCO2. The number of hydrogen-bond donors (Lipinski definition) is 1. The molecule has 1 aliphatic rings. The van der Waals surface area contributed by atoms with Crippen molar-refractivity contribution < 1.29 is 26.7 Å². The Hall–Kier alpha value is -2.98. The van der Waals surface area contributed by atoms with E-state index in [2.05, 4.69) is 14.9 Å². The van der Waals surface area contributed by atoms with Gasteiger partial charge in [-0.1, -0.05) is 12.1 Å². The molecule has 2 heterocycles. The molecular formula is C17H14FN3O5S. The van der Waals surface area contributed by atoms with Crippen LogP contribution >= 0.6 is 0 Å². The summed E-state index contributed by atoms with van der Waals surface area (Å²) in [6.07, 6.45) is 0.158. The van der Waals surface area contributed by atoms with Crippen LogP contribution < -0.4 is 14.2 Å². The highest BCUT2D eigenvalue weighted by Gasteiger charge is 2.20. The molecule has 0 fully saturated rings. The third-order valence-electron chi connectivity index (χ3n) is 3.86. The molecule has 27 heavy (non-hydrogen) atoms. The molecule has 140 valence electrons. The largest absolute Gasteiger partial charge is 0.454 e. The van der Waals surface area contributed by atoms with Gasteiger partial charge in [-0.05, 0) is 24.3 Å². The average molecular weight is 391 g/mol. The number of aromatic nitrogens is 2. The molecule has 0 saturated carbocycles. The molecule has 0 spiro atoms. The smallest absolute Gasteiger partial charge is 0.250 e. The van der Waals surface area contributed by atoms with Gasteiger partial charge in [0.05, 0.1) is 10.5 Å². The van der Waals surface area contributed by atoms with Crippen molar-refractivity contribution in [1.82, 2.24) is 14.9 Å². The Balaban J connectivity index is 1.40. The van der Waals surface area contributed by atoms with Gasteiger partial charge in [-0.15, -0.1) is 10.2 Å². The third kappa shape index (κ3) is 3.62. The molecule has 0 radical (unpaired) electrons. The molecule has 1 N–H and O–H groups in total. The summed E-state index contributed by atoms with van der Waals surface area (Å²) in [6, 6.07) is 10.4. The van der Waals surface area contributed by atoms with E-state index in [0.717, 1.165) is 0 Å². The van der Waals surface area contributed by atoms with Crippen LogP contribution in [-0.4, -0.2) is 32.0 Å². The Labute approximate surface area is 154 Å². The van der Waals surface area contributed by atoms with E-state index in [9.17, 15) is 12.8 Å². The number of nitrogens with one attached hydrogen (secondary N) is 1. The van der Waals surface area contributed by atoms with Crippen LogP contribution in [0.25, 0.3) is 11.5 Å². The molecule has 0 aliphatic carbocycles. The molecule has 3 aromatic rings. The first-order valence-electron chi connectivity index (χ1n) is 7.99. The zero-order valence-electron chi connectivity index (χ0n) is 13.9. The molecule has 1 aromatic heterocycles. The maximum atomic E-state index is 13.7. The van der Waals surface area contributed by atoms with Crippen LogP contribution in [0.2, 0.25) is 0 Å². The van der Waals surface area contributed by atoms with Gasteiger partial charge >= 0.3 is 0 Å². The first kappa shape index (κ1) is 17.4. The molecule has 0 saturated heterocycles. The van der Waals surface area contributed by atoms with Crippen molar-refractivity contribution in [3.63, 3.8) is 0 Å². The number of sulfonamides is 1. The highest BCUT2D eigenvalue weighted by Crippen LogP contribution is 2.33. The van der Waals surface area contributed by atoms with E-state index in [0.29, 0.717) is 11.5 Å². The fourth-order valence-electron chi connectivity index (χ4n) is 2.52. The maximum absolute atomic E-state index is 13.7. The number of rotatable bonds is 6. The van der Waals surface area contributed by atoms with E-state index < -0.39 is 15.8 Å². The van der Waals surface area contributed by atoms with Crippen molar-refractivity contribution in [3.05, 3.63) is 54.2 Å². The van der Waals surface area contributed by atoms with Gasteiger partial charge in [0.25, 0.3) is 5.89 Å².